The largest absolute Gasteiger partial charge is 0.355 e. The Balaban J connectivity index is 2.42. The van der Waals surface area contributed by atoms with Crippen LogP contribution in [0.3, 0.4) is 0 Å². The lowest BCUT2D eigenvalue weighted by Crippen LogP contribution is -2.44. The Hall–Kier alpha value is -1.06. The Morgan fingerprint density at radius 1 is 1.60 bits per heavy atom. The van der Waals surface area contributed by atoms with Crippen molar-refractivity contribution in [1.82, 2.24) is 10.2 Å². The highest BCUT2D eigenvalue weighted by Gasteiger charge is 2.26. The van der Waals surface area contributed by atoms with E-state index in [0.29, 0.717) is 25.3 Å². The Morgan fingerprint density at radius 2 is 2.27 bits per heavy atom. The number of hydrogen-bond acceptors (Lipinski definition) is 2. The standard InChI is InChI=1S/C11H20N2O2/c1-8(2)7-13(3)11(15)9-4-5-10(14)12-6-9/h8-9H,4-7H2,1-3H3,(H,12,14). The van der Waals surface area contributed by atoms with E-state index in [1.807, 2.05) is 7.05 Å². The molecule has 2 amide bonds. The lowest BCUT2D eigenvalue weighted by atomic mass is 9.97. The molecule has 1 fully saturated rings. The third-order valence-corrected chi connectivity index (χ3v) is 2.63. The molecule has 86 valence electrons. The van der Waals surface area contributed by atoms with Gasteiger partial charge in [0, 0.05) is 26.6 Å². The number of nitrogens with one attached hydrogen (secondary N) is 1. The summed E-state index contributed by atoms with van der Waals surface area (Å²) in [6.45, 7) is 5.46. The van der Waals surface area contributed by atoms with Crippen LogP contribution in [-0.2, 0) is 9.59 Å². The van der Waals surface area contributed by atoms with Crippen molar-refractivity contribution in [2.75, 3.05) is 20.1 Å². The van der Waals surface area contributed by atoms with Gasteiger partial charge in [0.25, 0.3) is 0 Å². The second-order valence-corrected chi connectivity index (χ2v) is 4.65. The van der Waals surface area contributed by atoms with E-state index < -0.39 is 0 Å². The van der Waals surface area contributed by atoms with Crippen molar-refractivity contribution >= 4 is 11.8 Å². The molecule has 0 aromatic carbocycles. The van der Waals surface area contributed by atoms with Crippen LogP contribution in [-0.4, -0.2) is 36.9 Å². The number of amides is 2. The van der Waals surface area contributed by atoms with Crippen LogP contribution in [0.15, 0.2) is 0 Å². The van der Waals surface area contributed by atoms with Crippen LogP contribution in [0.4, 0.5) is 0 Å². The van der Waals surface area contributed by atoms with Crippen molar-refractivity contribution in [3.63, 3.8) is 0 Å². The van der Waals surface area contributed by atoms with Crippen molar-refractivity contribution in [3.8, 4) is 0 Å². The third-order valence-electron chi connectivity index (χ3n) is 2.63. The van der Waals surface area contributed by atoms with Gasteiger partial charge in [0.1, 0.15) is 0 Å². The number of nitrogens with zero attached hydrogens (tertiary/aromatic N) is 1. The Bertz CT molecular complexity index is 241. The van der Waals surface area contributed by atoms with E-state index in [9.17, 15) is 9.59 Å². The molecule has 1 aliphatic heterocycles. The summed E-state index contributed by atoms with van der Waals surface area (Å²) in [5.74, 6) is 0.679. The minimum absolute atomic E-state index is 0.0218. The molecule has 0 bridgehead atoms. The van der Waals surface area contributed by atoms with Crippen molar-refractivity contribution in [1.29, 1.82) is 0 Å². The van der Waals surface area contributed by atoms with Gasteiger partial charge in [0.2, 0.25) is 11.8 Å². The summed E-state index contributed by atoms with van der Waals surface area (Å²) in [6.07, 6.45) is 1.17. The topological polar surface area (TPSA) is 49.4 Å². The monoisotopic (exact) mass is 212 g/mol. The average molecular weight is 212 g/mol. The summed E-state index contributed by atoms with van der Waals surface area (Å²) in [5, 5.41) is 2.73. The molecule has 1 N–H and O–H groups in total. The summed E-state index contributed by atoms with van der Waals surface area (Å²) in [6, 6.07) is 0. The molecule has 4 heteroatoms. The molecular weight excluding hydrogens is 192 g/mol. The fourth-order valence-corrected chi connectivity index (χ4v) is 1.89. The van der Waals surface area contributed by atoms with Crippen LogP contribution in [0.2, 0.25) is 0 Å². The van der Waals surface area contributed by atoms with Crippen molar-refractivity contribution in [2.24, 2.45) is 11.8 Å². The minimum Gasteiger partial charge on any atom is -0.355 e. The Kier molecular flexibility index (Phi) is 4.12. The molecule has 4 nitrogen and oxygen atoms in total. The molecule has 1 unspecified atom stereocenters. The summed E-state index contributed by atoms with van der Waals surface area (Å²) in [7, 11) is 1.83. The molecule has 1 atom stereocenters. The predicted octanol–water partition coefficient (Wildman–Crippen LogP) is 0.627. The van der Waals surface area contributed by atoms with Gasteiger partial charge in [-0.1, -0.05) is 13.8 Å². The first-order chi connectivity index (χ1) is 7.00. The van der Waals surface area contributed by atoms with Crippen molar-refractivity contribution in [3.05, 3.63) is 0 Å². The second-order valence-electron chi connectivity index (χ2n) is 4.65. The van der Waals surface area contributed by atoms with Gasteiger partial charge in [-0.25, -0.2) is 0 Å². The van der Waals surface area contributed by atoms with E-state index in [-0.39, 0.29) is 17.7 Å². The van der Waals surface area contributed by atoms with Crippen LogP contribution >= 0.6 is 0 Å². The molecular formula is C11H20N2O2. The summed E-state index contributed by atoms with van der Waals surface area (Å²) >= 11 is 0. The maximum absolute atomic E-state index is 11.9. The Labute approximate surface area is 91.0 Å². The first-order valence-electron chi connectivity index (χ1n) is 5.52. The van der Waals surface area contributed by atoms with E-state index in [1.165, 1.54) is 0 Å². The van der Waals surface area contributed by atoms with E-state index in [2.05, 4.69) is 19.2 Å². The molecule has 1 heterocycles. The molecule has 0 spiro atoms. The first-order valence-corrected chi connectivity index (χ1v) is 5.52. The highest BCUT2D eigenvalue weighted by atomic mass is 16.2. The second kappa shape index (κ2) is 5.14. The molecule has 0 saturated carbocycles. The zero-order valence-electron chi connectivity index (χ0n) is 9.75. The van der Waals surface area contributed by atoms with Crippen molar-refractivity contribution in [2.45, 2.75) is 26.7 Å². The smallest absolute Gasteiger partial charge is 0.227 e. The van der Waals surface area contributed by atoms with Gasteiger partial charge in [-0.2, -0.15) is 0 Å². The maximum atomic E-state index is 11.9. The highest BCUT2D eigenvalue weighted by molar-refractivity contribution is 5.83. The van der Waals surface area contributed by atoms with Gasteiger partial charge in [-0.05, 0) is 12.3 Å². The number of rotatable bonds is 3. The molecule has 1 rings (SSSR count). The number of carbonyl (C=O) groups is 2. The van der Waals surface area contributed by atoms with Gasteiger partial charge < -0.3 is 10.2 Å². The van der Waals surface area contributed by atoms with Crippen LogP contribution in [0.1, 0.15) is 26.7 Å². The van der Waals surface area contributed by atoms with E-state index >= 15 is 0 Å². The molecule has 0 aromatic rings. The van der Waals surface area contributed by atoms with Crippen LogP contribution < -0.4 is 5.32 Å². The first kappa shape index (κ1) is 12.0. The summed E-state index contributed by atoms with van der Waals surface area (Å²) < 4.78 is 0. The van der Waals surface area contributed by atoms with Gasteiger partial charge in [-0.3, -0.25) is 9.59 Å². The van der Waals surface area contributed by atoms with Gasteiger partial charge in [-0.15, -0.1) is 0 Å². The SMILES string of the molecule is CC(C)CN(C)C(=O)C1CCC(=O)NC1. The van der Waals surface area contributed by atoms with E-state index in [4.69, 9.17) is 0 Å². The molecule has 1 saturated heterocycles. The quantitative estimate of drug-likeness (QED) is 0.746. The zero-order chi connectivity index (χ0) is 11.4. The fourth-order valence-electron chi connectivity index (χ4n) is 1.89. The number of piperidine rings is 1. The van der Waals surface area contributed by atoms with E-state index in [1.54, 1.807) is 4.90 Å². The third kappa shape index (κ3) is 3.53. The van der Waals surface area contributed by atoms with Gasteiger partial charge in [0.15, 0.2) is 0 Å². The zero-order valence-corrected chi connectivity index (χ0v) is 9.75. The number of carbonyl (C=O) groups excluding carboxylic acids is 2. The number of hydrogen-bond donors (Lipinski definition) is 1. The lowest BCUT2D eigenvalue weighted by molar-refractivity contribution is -0.136. The molecule has 0 aliphatic carbocycles. The normalized spacial score (nSPS) is 21.3. The van der Waals surface area contributed by atoms with E-state index in [0.717, 1.165) is 6.54 Å². The average Bonchev–Trinajstić information content (AvgIpc) is 2.17. The summed E-state index contributed by atoms with van der Waals surface area (Å²) in [5.41, 5.74) is 0. The maximum Gasteiger partial charge on any atom is 0.227 e. The predicted molar refractivity (Wildman–Crippen MR) is 58.2 cm³/mol. The molecule has 0 aromatic heterocycles. The van der Waals surface area contributed by atoms with Crippen LogP contribution in [0, 0.1) is 11.8 Å². The highest BCUT2D eigenvalue weighted by Crippen LogP contribution is 2.14. The summed E-state index contributed by atoms with van der Waals surface area (Å²) in [4.78, 5) is 24.6. The van der Waals surface area contributed by atoms with Gasteiger partial charge in [0.05, 0.1) is 5.92 Å². The van der Waals surface area contributed by atoms with Crippen LogP contribution in [0.5, 0.6) is 0 Å². The lowest BCUT2D eigenvalue weighted by Gasteiger charge is -2.27. The minimum atomic E-state index is -0.0218. The van der Waals surface area contributed by atoms with Crippen LogP contribution in [0.25, 0.3) is 0 Å². The molecule has 0 radical (unpaired) electrons. The van der Waals surface area contributed by atoms with Crippen molar-refractivity contribution < 1.29 is 9.59 Å². The Morgan fingerprint density at radius 3 is 2.73 bits per heavy atom. The van der Waals surface area contributed by atoms with Gasteiger partial charge >= 0.3 is 0 Å². The fraction of sp³-hybridized carbons (Fsp3) is 0.818. The molecule has 15 heavy (non-hydrogen) atoms. The molecule has 1 aliphatic rings.